The van der Waals surface area contributed by atoms with Gasteiger partial charge in [0.1, 0.15) is 11.5 Å². The smallest absolute Gasteiger partial charge is 0.251 e. The average Bonchev–Trinajstić information content (AvgIpc) is 2.81. The molecule has 0 aliphatic carbocycles. The van der Waals surface area contributed by atoms with Crippen molar-refractivity contribution in [3.05, 3.63) is 95.6 Å². The summed E-state index contributed by atoms with van der Waals surface area (Å²) in [6, 6.07) is 23.9. The van der Waals surface area contributed by atoms with Crippen molar-refractivity contribution < 1.29 is 19.1 Å². The van der Waals surface area contributed by atoms with Gasteiger partial charge in [-0.3, -0.25) is 9.59 Å². The largest absolute Gasteiger partial charge is 0.497 e. The molecule has 3 aromatic rings. The van der Waals surface area contributed by atoms with Gasteiger partial charge in [-0.1, -0.05) is 60.7 Å². The molecular weight excluding hydrogens is 380 g/mol. The van der Waals surface area contributed by atoms with Gasteiger partial charge in [-0.25, -0.2) is 0 Å². The normalized spacial score (nSPS) is 10.4. The van der Waals surface area contributed by atoms with E-state index in [1.54, 1.807) is 18.2 Å². The first-order chi connectivity index (χ1) is 14.6. The lowest BCUT2D eigenvalue weighted by Gasteiger charge is -2.20. The van der Waals surface area contributed by atoms with Gasteiger partial charge < -0.3 is 20.1 Å². The van der Waals surface area contributed by atoms with Crippen LogP contribution in [-0.4, -0.2) is 32.6 Å². The second-order valence-electron chi connectivity index (χ2n) is 6.61. The van der Waals surface area contributed by atoms with Crippen LogP contribution in [0.25, 0.3) is 0 Å². The van der Waals surface area contributed by atoms with Crippen LogP contribution >= 0.6 is 0 Å². The van der Waals surface area contributed by atoms with Crippen LogP contribution in [0.4, 0.5) is 0 Å². The summed E-state index contributed by atoms with van der Waals surface area (Å²) in [5.74, 6) is 0.309. The van der Waals surface area contributed by atoms with Gasteiger partial charge in [0.15, 0.2) is 0 Å². The highest BCUT2D eigenvalue weighted by Crippen LogP contribution is 2.23. The summed E-state index contributed by atoms with van der Waals surface area (Å²) in [5, 5.41) is 5.65. The number of rotatable bonds is 8. The van der Waals surface area contributed by atoms with Crippen molar-refractivity contribution in [2.75, 3.05) is 20.8 Å². The van der Waals surface area contributed by atoms with Crippen LogP contribution in [0.15, 0.2) is 78.9 Å². The first kappa shape index (κ1) is 20.9. The molecule has 6 heteroatoms. The molecule has 0 aromatic heterocycles. The Hall–Kier alpha value is -3.80. The molecular formula is C24H24N2O4. The standard InChI is InChI=1S/C24H24N2O4/c1-29-20-13-19(14-21(15-20)30-2)24(28)25-16-22(27)26-23(17-9-5-3-6-10-17)18-11-7-4-8-12-18/h3-15,23H,16H2,1-2H3,(H,25,28)(H,26,27). The number of hydrogen-bond acceptors (Lipinski definition) is 4. The summed E-state index contributed by atoms with van der Waals surface area (Å²) in [6.45, 7) is -0.158. The fourth-order valence-electron chi connectivity index (χ4n) is 3.06. The van der Waals surface area contributed by atoms with Crippen LogP contribution in [-0.2, 0) is 4.79 Å². The summed E-state index contributed by atoms with van der Waals surface area (Å²) in [4.78, 5) is 25.1. The van der Waals surface area contributed by atoms with Crippen LogP contribution in [0.3, 0.4) is 0 Å². The number of ether oxygens (including phenoxy) is 2. The summed E-state index contributed by atoms with van der Waals surface area (Å²) >= 11 is 0. The van der Waals surface area contributed by atoms with Crippen molar-refractivity contribution in [3.8, 4) is 11.5 Å². The zero-order valence-electron chi connectivity index (χ0n) is 16.9. The Morgan fingerprint density at radius 2 is 1.30 bits per heavy atom. The molecule has 0 unspecified atom stereocenters. The Morgan fingerprint density at radius 1 is 0.800 bits per heavy atom. The van der Waals surface area contributed by atoms with Crippen molar-refractivity contribution in [3.63, 3.8) is 0 Å². The molecule has 3 aromatic carbocycles. The summed E-state index contributed by atoms with van der Waals surface area (Å²) < 4.78 is 10.4. The lowest BCUT2D eigenvalue weighted by molar-refractivity contribution is -0.120. The average molecular weight is 404 g/mol. The molecule has 0 aliphatic rings. The van der Waals surface area contributed by atoms with Crippen molar-refractivity contribution in [2.45, 2.75) is 6.04 Å². The maximum absolute atomic E-state index is 12.6. The predicted octanol–water partition coefficient (Wildman–Crippen LogP) is 3.34. The number of nitrogens with one attached hydrogen (secondary N) is 2. The van der Waals surface area contributed by atoms with Gasteiger partial charge in [-0.05, 0) is 23.3 Å². The van der Waals surface area contributed by atoms with E-state index in [1.165, 1.54) is 14.2 Å². The van der Waals surface area contributed by atoms with Crippen molar-refractivity contribution >= 4 is 11.8 Å². The highest BCUT2D eigenvalue weighted by Gasteiger charge is 2.17. The molecule has 0 aliphatic heterocycles. The third kappa shape index (κ3) is 5.38. The number of amides is 2. The molecule has 0 spiro atoms. The topological polar surface area (TPSA) is 76.7 Å². The monoisotopic (exact) mass is 404 g/mol. The Labute approximate surface area is 175 Å². The van der Waals surface area contributed by atoms with E-state index >= 15 is 0 Å². The number of benzene rings is 3. The van der Waals surface area contributed by atoms with Gasteiger partial charge in [0, 0.05) is 11.6 Å². The zero-order chi connectivity index (χ0) is 21.3. The molecule has 0 saturated heterocycles. The highest BCUT2D eigenvalue weighted by atomic mass is 16.5. The van der Waals surface area contributed by atoms with E-state index in [0.29, 0.717) is 17.1 Å². The van der Waals surface area contributed by atoms with E-state index in [4.69, 9.17) is 9.47 Å². The maximum atomic E-state index is 12.6. The maximum Gasteiger partial charge on any atom is 0.251 e. The predicted molar refractivity (Wildman–Crippen MR) is 115 cm³/mol. The molecule has 0 bridgehead atoms. The molecule has 30 heavy (non-hydrogen) atoms. The van der Waals surface area contributed by atoms with Crippen LogP contribution in [0.1, 0.15) is 27.5 Å². The van der Waals surface area contributed by atoms with Crippen molar-refractivity contribution in [1.82, 2.24) is 10.6 Å². The fraction of sp³-hybridized carbons (Fsp3) is 0.167. The van der Waals surface area contributed by atoms with Crippen LogP contribution < -0.4 is 20.1 Å². The molecule has 2 N–H and O–H groups in total. The number of hydrogen-bond donors (Lipinski definition) is 2. The van der Waals surface area contributed by atoms with E-state index in [1.807, 2.05) is 60.7 Å². The molecule has 0 saturated carbocycles. The molecule has 6 nitrogen and oxygen atoms in total. The summed E-state index contributed by atoms with van der Waals surface area (Å²) in [7, 11) is 3.02. The third-order valence-corrected chi connectivity index (χ3v) is 4.59. The van der Waals surface area contributed by atoms with Gasteiger partial charge >= 0.3 is 0 Å². The van der Waals surface area contributed by atoms with Crippen LogP contribution in [0.5, 0.6) is 11.5 Å². The van der Waals surface area contributed by atoms with Crippen molar-refractivity contribution in [1.29, 1.82) is 0 Å². The van der Waals surface area contributed by atoms with Gasteiger partial charge in [0.2, 0.25) is 5.91 Å². The molecule has 3 rings (SSSR count). The van der Waals surface area contributed by atoms with E-state index in [9.17, 15) is 9.59 Å². The quantitative estimate of drug-likeness (QED) is 0.604. The van der Waals surface area contributed by atoms with E-state index in [0.717, 1.165) is 11.1 Å². The van der Waals surface area contributed by atoms with Gasteiger partial charge in [-0.2, -0.15) is 0 Å². The fourth-order valence-corrected chi connectivity index (χ4v) is 3.06. The number of carbonyl (C=O) groups excluding carboxylic acids is 2. The Bertz CT molecular complexity index is 929. The first-order valence-corrected chi connectivity index (χ1v) is 9.51. The second-order valence-corrected chi connectivity index (χ2v) is 6.61. The first-order valence-electron chi connectivity index (χ1n) is 9.51. The van der Waals surface area contributed by atoms with E-state index in [2.05, 4.69) is 10.6 Å². The van der Waals surface area contributed by atoms with Gasteiger partial charge in [-0.15, -0.1) is 0 Å². The van der Waals surface area contributed by atoms with E-state index in [-0.39, 0.29) is 18.5 Å². The van der Waals surface area contributed by atoms with Gasteiger partial charge in [0.05, 0.1) is 26.8 Å². The van der Waals surface area contributed by atoms with Gasteiger partial charge in [0.25, 0.3) is 5.91 Å². The SMILES string of the molecule is COc1cc(OC)cc(C(=O)NCC(=O)NC(c2ccccc2)c2ccccc2)c1. The Kier molecular flexibility index (Phi) is 7.05. The van der Waals surface area contributed by atoms with E-state index < -0.39 is 5.91 Å². The highest BCUT2D eigenvalue weighted by molar-refractivity contribution is 5.97. The molecule has 0 radical (unpaired) electrons. The lowest BCUT2D eigenvalue weighted by atomic mass is 9.99. The molecule has 0 heterocycles. The van der Waals surface area contributed by atoms with Crippen LogP contribution in [0, 0.1) is 0 Å². The lowest BCUT2D eigenvalue weighted by Crippen LogP contribution is -2.39. The number of carbonyl (C=O) groups is 2. The summed E-state index contributed by atoms with van der Waals surface area (Å²) in [6.07, 6.45) is 0. The Balaban J connectivity index is 1.68. The number of methoxy groups -OCH3 is 2. The molecule has 0 fully saturated rings. The molecule has 154 valence electrons. The minimum atomic E-state index is -0.390. The minimum absolute atomic E-state index is 0.158. The summed E-state index contributed by atoms with van der Waals surface area (Å²) in [5.41, 5.74) is 2.27. The Morgan fingerprint density at radius 3 is 1.77 bits per heavy atom. The second kappa shape index (κ2) is 10.1. The third-order valence-electron chi connectivity index (χ3n) is 4.59. The molecule has 2 amide bonds. The minimum Gasteiger partial charge on any atom is -0.497 e. The zero-order valence-corrected chi connectivity index (χ0v) is 16.9. The van der Waals surface area contributed by atoms with Crippen LogP contribution in [0.2, 0.25) is 0 Å². The molecule has 0 atom stereocenters. The van der Waals surface area contributed by atoms with Crippen molar-refractivity contribution in [2.24, 2.45) is 0 Å².